The van der Waals surface area contributed by atoms with Crippen molar-refractivity contribution in [2.75, 3.05) is 26.2 Å². The van der Waals surface area contributed by atoms with Crippen LogP contribution in [0.4, 0.5) is 0 Å². The Morgan fingerprint density at radius 1 is 1.44 bits per heavy atom. The smallest absolute Gasteiger partial charge is 0.227 e. The van der Waals surface area contributed by atoms with Crippen LogP contribution in [0.25, 0.3) is 0 Å². The van der Waals surface area contributed by atoms with Crippen molar-refractivity contribution < 1.29 is 4.79 Å². The molecule has 1 N–H and O–H groups in total. The van der Waals surface area contributed by atoms with Gasteiger partial charge in [-0.2, -0.15) is 0 Å². The Hall–Kier alpha value is -1.35. The Morgan fingerprint density at radius 3 is 2.94 bits per heavy atom. The van der Waals surface area contributed by atoms with Gasteiger partial charge >= 0.3 is 0 Å². The van der Waals surface area contributed by atoms with E-state index >= 15 is 0 Å². The van der Waals surface area contributed by atoms with E-state index in [1.54, 1.807) is 0 Å². The molecule has 18 heavy (non-hydrogen) atoms. The van der Waals surface area contributed by atoms with Gasteiger partial charge in [0.15, 0.2) is 0 Å². The number of rotatable bonds is 2. The summed E-state index contributed by atoms with van der Waals surface area (Å²) in [5.74, 6) is 0.276. The minimum absolute atomic E-state index is 0.276. The van der Waals surface area contributed by atoms with Crippen LogP contribution in [0.5, 0.6) is 0 Å². The van der Waals surface area contributed by atoms with Crippen molar-refractivity contribution in [3.63, 3.8) is 0 Å². The van der Waals surface area contributed by atoms with Gasteiger partial charge in [-0.25, -0.2) is 0 Å². The molecule has 3 rings (SSSR count). The van der Waals surface area contributed by atoms with E-state index in [0.717, 1.165) is 31.7 Å². The van der Waals surface area contributed by atoms with Crippen molar-refractivity contribution in [2.45, 2.75) is 19.8 Å². The molecule has 3 nitrogen and oxygen atoms in total. The van der Waals surface area contributed by atoms with Gasteiger partial charge in [-0.05, 0) is 25.5 Å². The van der Waals surface area contributed by atoms with E-state index in [1.807, 2.05) is 17.0 Å². The minimum Gasteiger partial charge on any atom is -0.341 e. The van der Waals surface area contributed by atoms with E-state index in [-0.39, 0.29) is 5.91 Å². The first-order chi connectivity index (χ1) is 8.67. The lowest BCUT2D eigenvalue weighted by molar-refractivity contribution is -0.141. The molecule has 0 saturated carbocycles. The molecule has 3 heteroatoms. The van der Waals surface area contributed by atoms with E-state index < -0.39 is 0 Å². The summed E-state index contributed by atoms with van der Waals surface area (Å²) >= 11 is 0. The number of nitrogens with zero attached hydrogens (tertiary/aromatic N) is 1. The van der Waals surface area contributed by atoms with Gasteiger partial charge in [-0.1, -0.05) is 29.8 Å². The molecular weight excluding hydrogens is 224 g/mol. The molecule has 2 fully saturated rings. The van der Waals surface area contributed by atoms with Crippen LogP contribution in [0.15, 0.2) is 24.3 Å². The lowest BCUT2D eigenvalue weighted by Crippen LogP contribution is -2.59. The van der Waals surface area contributed by atoms with Gasteiger partial charge in [-0.15, -0.1) is 0 Å². The number of hydrogen-bond donors (Lipinski definition) is 1. The molecule has 0 unspecified atom stereocenters. The van der Waals surface area contributed by atoms with Crippen LogP contribution in [0.1, 0.15) is 17.5 Å². The third-order valence-corrected chi connectivity index (χ3v) is 4.18. The highest BCUT2D eigenvalue weighted by molar-refractivity contribution is 5.79. The van der Waals surface area contributed by atoms with Crippen LogP contribution in [0, 0.1) is 12.3 Å². The van der Waals surface area contributed by atoms with Crippen molar-refractivity contribution >= 4 is 5.91 Å². The number of aryl methyl sites for hydroxylation is 1. The molecule has 0 aliphatic carbocycles. The Balaban J connectivity index is 1.57. The molecule has 2 heterocycles. The van der Waals surface area contributed by atoms with Crippen LogP contribution >= 0.6 is 0 Å². The van der Waals surface area contributed by atoms with Crippen molar-refractivity contribution in [2.24, 2.45) is 5.41 Å². The average molecular weight is 244 g/mol. The fourth-order valence-electron chi connectivity index (χ4n) is 3.11. The lowest BCUT2D eigenvalue weighted by Gasteiger charge is -2.47. The first kappa shape index (κ1) is 11.7. The number of likely N-dealkylation sites (tertiary alicyclic amines) is 1. The fourth-order valence-corrected chi connectivity index (χ4v) is 3.11. The predicted molar refractivity (Wildman–Crippen MR) is 71.4 cm³/mol. The highest BCUT2D eigenvalue weighted by Crippen LogP contribution is 2.36. The Labute approximate surface area is 108 Å². The Bertz CT molecular complexity index is 455. The lowest BCUT2D eigenvalue weighted by atomic mass is 9.79. The van der Waals surface area contributed by atoms with Gasteiger partial charge in [0, 0.05) is 25.0 Å². The zero-order chi connectivity index (χ0) is 12.6. The van der Waals surface area contributed by atoms with E-state index in [9.17, 15) is 4.79 Å². The normalized spacial score (nSPS) is 21.1. The number of carbonyl (C=O) groups excluding carboxylic acids is 1. The monoisotopic (exact) mass is 244 g/mol. The maximum absolute atomic E-state index is 12.2. The first-order valence-corrected chi connectivity index (χ1v) is 6.71. The van der Waals surface area contributed by atoms with Gasteiger partial charge < -0.3 is 10.2 Å². The molecule has 2 aliphatic heterocycles. The van der Waals surface area contributed by atoms with Crippen molar-refractivity contribution in [1.82, 2.24) is 10.2 Å². The third-order valence-electron chi connectivity index (χ3n) is 4.18. The topological polar surface area (TPSA) is 32.3 Å². The van der Waals surface area contributed by atoms with Crippen LogP contribution < -0.4 is 5.32 Å². The standard InChI is InChI=1S/C15H20N2O/c1-12-3-2-4-13(7-12)8-14(18)17-10-15(11-17)5-6-16-9-15/h2-4,7,16H,5-6,8-11H2,1H3. The molecular formula is C15H20N2O. The van der Waals surface area contributed by atoms with Crippen LogP contribution in [-0.2, 0) is 11.2 Å². The number of nitrogens with one attached hydrogen (secondary N) is 1. The largest absolute Gasteiger partial charge is 0.341 e. The predicted octanol–water partition coefficient (Wildman–Crippen LogP) is 1.36. The summed E-state index contributed by atoms with van der Waals surface area (Å²) < 4.78 is 0. The number of amides is 1. The van der Waals surface area contributed by atoms with Crippen molar-refractivity contribution in [3.8, 4) is 0 Å². The highest BCUT2D eigenvalue weighted by atomic mass is 16.2. The van der Waals surface area contributed by atoms with Crippen molar-refractivity contribution in [3.05, 3.63) is 35.4 Å². The highest BCUT2D eigenvalue weighted by Gasteiger charge is 2.46. The molecule has 0 atom stereocenters. The second-order valence-electron chi connectivity index (χ2n) is 5.84. The van der Waals surface area contributed by atoms with Gasteiger partial charge in [0.1, 0.15) is 0 Å². The molecule has 1 aromatic carbocycles. The number of benzene rings is 1. The van der Waals surface area contributed by atoms with E-state index in [0.29, 0.717) is 11.8 Å². The third kappa shape index (κ3) is 2.15. The van der Waals surface area contributed by atoms with Gasteiger partial charge in [0.05, 0.1) is 6.42 Å². The zero-order valence-corrected chi connectivity index (χ0v) is 10.9. The summed E-state index contributed by atoms with van der Waals surface area (Å²) in [6.45, 7) is 6.16. The van der Waals surface area contributed by atoms with E-state index in [1.165, 1.54) is 12.0 Å². The van der Waals surface area contributed by atoms with Crippen LogP contribution in [-0.4, -0.2) is 37.0 Å². The molecule has 2 aliphatic rings. The Morgan fingerprint density at radius 2 is 2.28 bits per heavy atom. The van der Waals surface area contributed by atoms with Gasteiger partial charge in [-0.3, -0.25) is 4.79 Å². The fraction of sp³-hybridized carbons (Fsp3) is 0.533. The summed E-state index contributed by atoms with van der Waals surface area (Å²) in [7, 11) is 0. The summed E-state index contributed by atoms with van der Waals surface area (Å²) in [6.07, 6.45) is 1.77. The quantitative estimate of drug-likeness (QED) is 0.852. The summed E-state index contributed by atoms with van der Waals surface area (Å²) in [6, 6.07) is 8.23. The van der Waals surface area contributed by atoms with Gasteiger partial charge in [0.2, 0.25) is 5.91 Å². The number of hydrogen-bond acceptors (Lipinski definition) is 2. The molecule has 0 bridgehead atoms. The molecule has 2 saturated heterocycles. The van der Waals surface area contributed by atoms with Crippen molar-refractivity contribution in [1.29, 1.82) is 0 Å². The summed E-state index contributed by atoms with van der Waals surface area (Å²) in [5, 5.41) is 3.39. The first-order valence-electron chi connectivity index (χ1n) is 6.71. The van der Waals surface area contributed by atoms with E-state index in [4.69, 9.17) is 0 Å². The van der Waals surface area contributed by atoms with Crippen LogP contribution in [0.3, 0.4) is 0 Å². The second kappa shape index (κ2) is 4.39. The molecule has 96 valence electrons. The summed E-state index contributed by atoms with van der Waals surface area (Å²) in [4.78, 5) is 14.2. The zero-order valence-electron chi connectivity index (χ0n) is 10.9. The molecule has 0 aromatic heterocycles. The molecule has 1 spiro atoms. The molecule has 0 radical (unpaired) electrons. The SMILES string of the molecule is Cc1cccc(CC(=O)N2CC3(CCNC3)C2)c1. The maximum atomic E-state index is 12.2. The van der Waals surface area contributed by atoms with E-state index in [2.05, 4.69) is 24.4 Å². The Kier molecular flexibility index (Phi) is 2.86. The number of carbonyl (C=O) groups is 1. The maximum Gasteiger partial charge on any atom is 0.227 e. The molecule has 1 amide bonds. The summed E-state index contributed by atoms with van der Waals surface area (Å²) in [5.41, 5.74) is 2.76. The van der Waals surface area contributed by atoms with Gasteiger partial charge in [0.25, 0.3) is 0 Å². The second-order valence-corrected chi connectivity index (χ2v) is 5.84. The van der Waals surface area contributed by atoms with Crippen LogP contribution in [0.2, 0.25) is 0 Å². The average Bonchev–Trinajstić information content (AvgIpc) is 2.75. The minimum atomic E-state index is 0.276. The molecule has 1 aromatic rings.